The number of fused-ring (bicyclic) bond motifs is 1. The maximum Gasteiger partial charge on any atom is 0.339 e. The van der Waals surface area contributed by atoms with Crippen LogP contribution in [0.2, 0.25) is 5.02 Å². The summed E-state index contributed by atoms with van der Waals surface area (Å²) in [5.74, 6) is -0.623. The molecule has 1 aromatic carbocycles. The van der Waals surface area contributed by atoms with Crippen molar-refractivity contribution >= 4 is 23.4 Å². The van der Waals surface area contributed by atoms with Gasteiger partial charge in [0.2, 0.25) is 0 Å². The Labute approximate surface area is 98.4 Å². The molecule has 2 rings (SSSR count). The van der Waals surface area contributed by atoms with Crippen molar-refractivity contribution in [3.63, 3.8) is 0 Å². The van der Waals surface area contributed by atoms with Crippen molar-refractivity contribution < 1.29 is 14.3 Å². The number of carbonyl (C=O) groups is 2. The normalized spacial score (nSPS) is 18.9. The predicted octanol–water partition coefficient (Wildman–Crippen LogP) is 2.32. The molecule has 0 radical (unpaired) electrons. The van der Waals surface area contributed by atoms with Crippen molar-refractivity contribution in [2.24, 2.45) is 0 Å². The molecule has 1 aromatic rings. The first-order valence-electron chi connectivity index (χ1n) is 4.99. The Balaban J connectivity index is 2.50. The molecule has 0 bridgehead atoms. The van der Waals surface area contributed by atoms with Gasteiger partial charge in [-0.3, -0.25) is 4.79 Å². The summed E-state index contributed by atoms with van der Waals surface area (Å²) in [6.07, 6.45) is -0.324. The Hall–Kier alpha value is -1.35. The van der Waals surface area contributed by atoms with Crippen LogP contribution in [-0.2, 0) is 16.0 Å². The van der Waals surface area contributed by atoms with Gasteiger partial charge in [-0.1, -0.05) is 11.6 Å². The van der Waals surface area contributed by atoms with Gasteiger partial charge >= 0.3 is 5.97 Å². The Morgan fingerprint density at radius 2 is 2.19 bits per heavy atom. The minimum Gasteiger partial charge on any atom is -0.450 e. The molecule has 0 aromatic heterocycles. The zero-order chi connectivity index (χ0) is 11.9. The highest BCUT2D eigenvalue weighted by atomic mass is 35.5. The summed E-state index contributed by atoms with van der Waals surface area (Å²) in [6.45, 7) is 3.27. The molecule has 1 aliphatic heterocycles. The third-order valence-corrected chi connectivity index (χ3v) is 2.99. The highest BCUT2D eigenvalue weighted by Gasteiger charge is 2.30. The van der Waals surface area contributed by atoms with Crippen LogP contribution in [0.1, 0.15) is 28.4 Å². The number of carbonyl (C=O) groups excluding carboxylic acids is 2. The summed E-state index contributed by atoms with van der Waals surface area (Å²) in [5, 5.41) is 0.526. The van der Waals surface area contributed by atoms with Crippen LogP contribution in [0, 0.1) is 6.92 Å². The maximum absolute atomic E-state index is 11.7. The fourth-order valence-corrected chi connectivity index (χ4v) is 2.16. The lowest BCUT2D eigenvalue weighted by molar-refractivity contribution is -0.125. The van der Waals surface area contributed by atoms with Crippen LogP contribution in [0.5, 0.6) is 0 Å². The van der Waals surface area contributed by atoms with Crippen molar-refractivity contribution in [2.45, 2.75) is 26.4 Å². The van der Waals surface area contributed by atoms with Crippen LogP contribution >= 0.6 is 11.6 Å². The van der Waals surface area contributed by atoms with Gasteiger partial charge in [0.25, 0.3) is 0 Å². The van der Waals surface area contributed by atoms with E-state index < -0.39 is 12.1 Å². The van der Waals surface area contributed by atoms with Gasteiger partial charge in [-0.2, -0.15) is 0 Å². The molecule has 0 saturated heterocycles. The van der Waals surface area contributed by atoms with Gasteiger partial charge in [-0.25, -0.2) is 4.79 Å². The number of hydrogen-bond acceptors (Lipinski definition) is 3. The molecule has 16 heavy (non-hydrogen) atoms. The number of hydrogen-bond donors (Lipinski definition) is 0. The van der Waals surface area contributed by atoms with E-state index in [0.29, 0.717) is 22.6 Å². The summed E-state index contributed by atoms with van der Waals surface area (Å²) in [4.78, 5) is 22.9. The summed E-state index contributed by atoms with van der Waals surface area (Å²) >= 11 is 6.06. The van der Waals surface area contributed by atoms with Crippen molar-refractivity contribution in [1.29, 1.82) is 0 Å². The average Bonchev–Trinajstić information content (AvgIpc) is 2.19. The Morgan fingerprint density at radius 3 is 2.81 bits per heavy atom. The lowest BCUT2D eigenvalue weighted by Crippen LogP contribution is -2.33. The van der Waals surface area contributed by atoms with Gasteiger partial charge < -0.3 is 4.74 Å². The summed E-state index contributed by atoms with van der Waals surface area (Å²) in [5.41, 5.74) is 2.09. The maximum atomic E-state index is 11.7. The lowest BCUT2D eigenvalue weighted by atomic mass is 9.95. The van der Waals surface area contributed by atoms with Crippen molar-refractivity contribution in [3.05, 3.63) is 33.8 Å². The Kier molecular flexibility index (Phi) is 2.72. The molecule has 1 aliphatic rings. The van der Waals surface area contributed by atoms with E-state index >= 15 is 0 Å². The fourth-order valence-electron chi connectivity index (χ4n) is 1.81. The molecule has 1 heterocycles. The molecule has 0 fully saturated rings. The topological polar surface area (TPSA) is 43.4 Å². The van der Waals surface area contributed by atoms with Crippen molar-refractivity contribution in [2.75, 3.05) is 0 Å². The molecule has 1 unspecified atom stereocenters. The van der Waals surface area contributed by atoms with Crippen molar-refractivity contribution in [3.8, 4) is 0 Å². The fraction of sp³-hybridized carbons (Fsp3) is 0.333. The summed E-state index contributed by atoms with van der Waals surface area (Å²) in [6, 6.07) is 3.52. The van der Waals surface area contributed by atoms with E-state index in [2.05, 4.69) is 0 Å². The van der Waals surface area contributed by atoms with E-state index in [1.807, 2.05) is 6.92 Å². The predicted molar refractivity (Wildman–Crippen MR) is 59.8 cm³/mol. The first kappa shape index (κ1) is 11.1. The number of ether oxygens (including phenoxy) is 1. The third-order valence-electron chi connectivity index (χ3n) is 2.65. The highest BCUT2D eigenvalue weighted by molar-refractivity contribution is 6.32. The number of esters is 1. The lowest BCUT2D eigenvalue weighted by Gasteiger charge is -2.23. The molecule has 4 heteroatoms. The summed E-state index contributed by atoms with van der Waals surface area (Å²) < 4.78 is 5.04. The zero-order valence-electron chi connectivity index (χ0n) is 9.04. The third kappa shape index (κ3) is 1.83. The molecule has 3 nitrogen and oxygen atoms in total. The van der Waals surface area contributed by atoms with E-state index in [0.717, 1.165) is 5.56 Å². The molecule has 0 N–H and O–H groups in total. The molecular formula is C12H11ClO3. The van der Waals surface area contributed by atoms with E-state index in [-0.39, 0.29) is 5.78 Å². The standard InChI is InChI=1S/C12H11ClO3/c1-6-3-9-8(10(13)4-6)5-11(7(2)14)16-12(9)15/h3-4,11H,5H2,1-2H3. The van der Waals surface area contributed by atoms with Crippen LogP contribution in [0.4, 0.5) is 0 Å². The van der Waals surface area contributed by atoms with Crippen LogP contribution in [0.3, 0.4) is 0 Å². The molecule has 1 atom stereocenters. The average molecular weight is 239 g/mol. The monoisotopic (exact) mass is 238 g/mol. The Morgan fingerprint density at radius 1 is 1.50 bits per heavy atom. The van der Waals surface area contributed by atoms with Gasteiger partial charge in [0, 0.05) is 11.4 Å². The van der Waals surface area contributed by atoms with Gasteiger partial charge in [0.05, 0.1) is 5.56 Å². The Bertz CT molecular complexity index is 479. The SMILES string of the molecule is CC(=O)C1Cc2c(Cl)cc(C)cc2C(=O)O1. The van der Waals surface area contributed by atoms with Gasteiger partial charge in [0.1, 0.15) is 0 Å². The zero-order valence-corrected chi connectivity index (χ0v) is 9.80. The van der Waals surface area contributed by atoms with Gasteiger partial charge in [-0.05, 0) is 37.1 Å². The number of aryl methyl sites for hydroxylation is 1. The van der Waals surface area contributed by atoms with Gasteiger partial charge in [-0.15, -0.1) is 0 Å². The smallest absolute Gasteiger partial charge is 0.339 e. The second-order valence-corrected chi connectivity index (χ2v) is 4.39. The van der Waals surface area contributed by atoms with Crippen LogP contribution in [-0.4, -0.2) is 17.9 Å². The van der Waals surface area contributed by atoms with E-state index in [4.69, 9.17) is 16.3 Å². The summed E-state index contributed by atoms with van der Waals surface area (Å²) in [7, 11) is 0. The number of Topliss-reactive ketones (excluding diaryl/α,β-unsaturated/α-hetero) is 1. The second-order valence-electron chi connectivity index (χ2n) is 3.98. The largest absolute Gasteiger partial charge is 0.450 e. The number of benzene rings is 1. The van der Waals surface area contributed by atoms with Crippen molar-refractivity contribution in [1.82, 2.24) is 0 Å². The van der Waals surface area contributed by atoms with Crippen LogP contribution in [0.15, 0.2) is 12.1 Å². The van der Waals surface area contributed by atoms with Crippen LogP contribution < -0.4 is 0 Å². The molecule has 0 saturated carbocycles. The first-order chi connectivity index (χ1) is 7.49. The van der Waals surface area contributed by atoms with Crippen LogP contribution in [0.25, 0.3) is 0 Å². The first-order valence-corrected chi connectivity index (χ1v) is 5.37. The quantitative estimate of drug-likeness (QED) is 0.706. The molecular weight excluding hydrogens is 228 g/mol. The molecule has 0 amide bonds. The van der Waals surface area contributed by atoms with Gasteiger partial charge in [0.15, 0.2) is 11.9 Å². The van der Waals surface area contributed by atoms with E-state index in [1.165, 1.54) is 6.92 Å². The number of cyclic esters (lactones) is 1. The number of rotatable bonds is 1. The molecule has 84 valence electrons. The van der Waals surface area contributed by atoms with E-state index in [1.54, 1.807) is 12.1 Å². The highest BCUT2D eigenvalue weighted by Crippen LogP contribution is 2.29. The second kappa shape index (κ2) is 3.91. The van der Waals surface area contributed by atoms with E-state index in [9.17, 15) is 9.59 Å². The molecule has 0 spiro atoms. The number of ketones is 1. The number of halogens is 1. The molecule has 0 aliphatic carbocycles. The minimum atomic E-state index is -0.694. The minimum absolute atomic E-state index is 0.157.